The van der Waals surface area contributed by atoms with Gasteiger partial charge < -0.3 is 19.2 Å². The van der Waals surface area contributed by atoms with Crippen molar-refractivity contribution in [2.45, 2.75) is 32.8 Å². The van der Waals surface area contributed by atoms with Crippen LogP contribution in [0.15, 0.2) is 33.5 Å². The Bertz CT molecular complexity index is 826. The van der Waals surface area contributed by atoms with Crippen LogP contribution in [0.2, 0.25) is 0 Å². The molecule has 134 valence electrons. The molecule has 1 aromatic heterocycles. The predicted octanol–water partition coefficient (Wildman–Crippen LogP) is 1.94. The van der Waals surface area contributed by atoms with Crippen LogP contribution in [-0.4, -0.2) is 31.6 Å². The molecule has 0 bridgehead atoms. The number of amides is 1. The van der Waals surface area contributed by atoms with Gasteiger partial charge in [-0.2, -0.15) is 0 Å². The normalized spacial score (nSPS) is 11.8. The van der Waals surface area contributed by atoms with Gasteiger partial charge in [-0.3, -0.25) is 9.59 Å². The number of methoxy groups -OCH3 is 1. The molecule has 0 radical (unpaired) electrons. The molecule has 1 unspecified atom stereocenters. The van der Waals surface area contributed by atoms with E-state index in [9.17, 15) is 14.4 Å². The summed E-state index contributed by atoms with van der Waals surface area (Å²) < 4.78 is 15.3. The molecule has 0 aliphatic rings. The van der Waals surface area contributed by atoms with E-state index in [1.54, 1.807) is 25.1 Å². The molecule has 7 nitrogen and oxygen atoms in total. The summed E-state index contributed by atoms with van der Waals surface area (Å²) in [6, 6.07) is 6.51. The van der Waals surface area contributed by atoms with E-state index in [1.165, 1.54) is 13.2 Å². The third-order valence-electron chi connectivity index (χ3n) is 3.69. The van der Waals surface area contributed by atoms with Crippen LogP contribution in [-0.2, 0) is 14.3 Å². The summed E-state index contributed by atoms with van der Waals surface area (Å²) in [5, 5.41) is 3.50. The molecule has 0 saturated carbocycles. The van der Waals surface area contributed by atoms with E-state index in [0.717, 1.165) is 10.9 Å². The fourth-order valence-electron chi connectivity index (χ4n) is 2.33. The highest BCUT2D eigenvalue weighted by Gasteiger charge is 2.15. The van der Waals surface area contributed by atoms with Gasteiger partial charge in [-0.05, 0) is 38.0 Å². The Labute approximate surface area is 144 Å². The summed E-state index contributed by atoms with van der Waals surface area (Å²) in [4.78, 5) is 34.5. The molecule has 0 aliphatic heterocycles. The summed E-state index contributed by atoms with van der Waals surface area (Å²) in [6.07, 6.45) is 0.00719. The van der Waals surface area contributed by atoms with Crippen molar-refractivity contribution in [3.05, 3.63) is 40.2 Å². The zero-order valence-corrected chi connectivity index (χ0v) is 14.5. The molecule has 2 rings (SSSR count). The van der Waals surface area contributed by atoms with E-state index in [4.69, 9.17) is 9.15 Å². The predicted molar refractivity (Wildman–Crippen MR) is 91.6 cm³/mol. The zero-order chi connectivity index (χ0) is 18.4. The van der Waals surface area contributed by atoms with Gasteiger partial charge in [0.1, 0.15) is 11.3 Å². The number of esters is 1. The standard InChI is InChI=1S/C18H21NO6/c1-11-9-17(21)25-15-10-13(6-7-14(11)15)24-12(2)18(22)19-8-4-5-16(20)23-3/h6-7,9-10,12H,4-5,8H2,1-3H3,(H,19,22). The second-order valence-electron chi connectivity index (χ2n) is 5.64. The van der Waals surface area contributed by atoms with Crippen molar-refractivity contribution in [1.29, 1.82) is 0 Å². The van der Waals surface area contributed by atoms with Gasteiger partial charge in [0.15, 0.2) is 6.10 Å². The Balaban J connectivity index is 1.94. The fraction of sp³-hybridized carbons (Fsp3) is 0.389. The Kier molecular flexibility index (Phi) is 6.16. The lowest BCUT2D eigenvalue weighted by Crippen LogP contribution is -2.36. The lowest BCUT2D eigenvalue weighted by atomic mass is 10.1. The smallest absolute Gasteiger partial charge is 0.336 e. The SMILES string of the molecule is COC(=O)CCCNC(=O)C(C)Oc1ccc2c(C)cc(=O)oc2c1. The van der Waals surface area contributed by atoms with Crippen LogP contribution in [0.1, 0.15) is 25.3 Å². The van der Waals surface area contributed by atoms with Crippen molar-refractivity contribution < 1.29 is 23.5 Å². The van der Waals surface area contributed by atoms with Gasteiger partial charge in [0.25, 0.3) is 5.91 Å². The molecule has 0 aliphatic carbocycles. The Morgan fingerprint density at radius 2 is 2.04 bits per heavy atom. The van der Waals surface area contributed by atoms with Gasteiger partial charge in [-0.15, -0.1) is 0 Å². The average Bonchev–Trinajstić information content (AvgIpc) is 2.57. The fourth-order valence-corrected chi connectivity index (χ4v) is 2.33. The third-order valence-corrected chi connectivity index (χ3v) is 3.69. The first kappa shape index (κ1) is 18.5. The van der Waals surface area contributed by atoms with Crippen LogP contribution >= 0.6 is 0 Å². The highest BCUT2D eigenvalue weighted by Crippen LogP contribution is 2.22. The first-order valence-electron chi connectivity index (χ1n) is 7.96. The van der Waals surface area contributed by atoms with Crippen LogP contribution in [0.5, 0.6) is 5.75 Å². The number of fused-ring (bicyclic) bond motifs is 1. The molecule has 2 aromatic rings. The number of carbonyl (C=O) groups excluding carboxylic acids is 2. The van der Waals surface area contributed by atoms with Crippen LogP contribution in [0.4, 0.5) is 0 Å². The lowest BCUT2D eigenvalue weighted by Gasteiger charge is -2.15. The number of hydrogen-bond acceptors (Lipinski definition) is 6. The molecule has 1 heterocycles. The maximum Gasteiger partial charge on any atom is 0.336 e. The molecule has 0 spiro atoms. The molecule has 0 saturated heterocycles. The molecule has 1 amide bonds. The van der Waals surface area contributed by atoms with Crippen molar-refractivity contribution in [1.82, 2.24) is 5.32 Å². The first-order chi connectivity index (χ1) is 11.9. The van der Waals surface area contributed by atoms with Gasteiger partial charge in [-0.25, -0.2) is 4.79 Å². The van der Waals surface area contributed by atoms with Crippen molar-refractivity contribution in [3.8, 4) is 5.75 Å². The number of ether oxygens (including phenoxy) is 2. The average molecular weight is 347 g/mol. The van der Waals surface area contributed by atoms with Gasteiger partial charge in [0, 0.05) is 30.5 Å². The molecule has 1 N–H and O–H groups in total. The number of aryl methyl sites for hydroxylation is 1. The summed E-state index contributed by atoms with van der Waals surface area (Å²) >= 11 is 0. The number of nitrogens with one attached hydrogen (secondary N) is 1. The minimum absolute atomic E-state index is 0.245. The van der Waals surface area contributed by atoms with E-state index in [-0.39, 0.29) is 18.3 Å². The summed E-state index contributed by atoms with van der Waals surface area (Å²) in [7, 11) is 1.32. The second-order valence-corrected chi connectivity index (χ2v) is 5.64. The Morgan fingerprint density at radius 1 is 1.28 bits per heavy atom. The zero-order valence-electron chi connectivity index (χ0n) is 14.5. The highest BCUT2D eigenvalue weighted by molar-refractivity contribution is 5.82. The quantitative estimate of drug-likeness (QED) is 0.467. The summed E-state index contributed by atoms with van der Waals surface area (Å²) in [5.41, 5.74) is 0.793. The Hall–Kier alpha value is -2.83. The Morgan fingerprint density at radius 3 is 2.76 bits per heavy atom. The van der Waals surface area contributed by atoms with Crippen LogP contribution in [0.25, 0.3) is 11.0 Å². The molecular formula is C18H21NO6. The van der Waals surface area contributed by atoms with Crippen LogP contribution in [0, 0.1) is 6.92 Å². The number of rotatable bonds is 7. The van der Waals surface area contributed by atoms with Crippen molar-refractivity contribution in [2.24, 2.45) is 0 Å². The largest absolute Gasteiger partial charge is 0.481 e. The van der Waals surface area contributed by atoms with Gasteiger partial charge in [0.05, 0.1) is 7.11 Å². The van der Waals surface area contributed by atoms with E-state index in [0.29, 0.717) is 24.3 Å². The summed E-state index contributed by atoms with van der Waals surface area (Å²) in [6.45, 7) is 3.80. The number of hydrogen-bond donors (Lipinski definition) is 1. The number of benzene rings is 1. The molecule has 1 atom stereocenters. The van der Waals surface area contributed by atoms with Crippen LogP contribution in [0.3, 0.4) is 0 Å². The monoisotopic (exact) mass is 347 g/mol. The maximum atomic E-state index is 12.0. The molecule has 1 aromatic carbocycles. The topological polar surface area (TPSA) is 94.8 Å². The van der Waals surface area contributed by atoms with Crippen molar-refractivity contribution in [3.63, 3.8) is 0 Å². The van der Waals surface area contributed by atoms with Crippen molar-refractivity contribution >= 4 is 22.8 Å². The second kappa shape index (κ2) is 8.32. The van der Waals surface area contributed by atoms with Gasteiger partial charge >= 0.3 is 11.6 Å². The molecule has 0 fully saturated rings. The van der Waals surface area contributed by atoms with E-state index in [1.807, 2.05) is 6.92 Å². The maximum absolute atomic E-state index is 12.0. The number of carbonyl (C=O) groups is 2. The molecular weight excluding hydrogens is 326 g/mol. The molecule has 25 heavy (non-hydrogen) atoms. The van der Waals surface area contributed by atoms with Gasteiger partial charge in [0.2, 0.25) is 0 Å². The summed E-state index contributed by atoms with van der Waals surface area (Å²) in [5.74, 6) is -0.180. The van der Waals surface area contributed by atoms with Crippen LogP contribution < -0.4 is 15.7 Å². The molecule has 7 heteroatoms. The minimum Gasteiger partial charge on any atom is -0.481 e. The van der Waals surface area contributed by atoms with E-state index >= 15 is 0 Å². The van der Waals surface area contributed by atoms with Crippen molar-refractivity contribution in [2.75, 3.05) is 13.7 Å². The highest BCUT2D eigenvalue weighted by atomic mass is 16.5. The van der Waals surface area contributed by atoms with E-state index < -0.39 is 11.7 Å². The minimum atomic E-state index is -0.730. The van der Waals surface area contributed by atoms with E-state index in [2.05, 4.69) is 10.1 Å². The first-order valence-corrected chi connectivity index (χ1v) is 7.96. The lowest BCUT2D eigenvalue weighted by molar-refractivity contribution is -0.140. The third kappa shape index (κ3) is 5.07. The van der Waals surface area contributed by atoms with Gasteiger partial charge in [-0.1, -0.05) is 0 Å².